The number of non-ortho nitro benzene ring substituents is 1. The van der Waals surface area contributed by atoms with E-state index < -0.39 is 4.92 Å². The minimum atomic E-state index is -0.406. The van der Waals surface area contributed by atoms with Gasteiger partial charge in [0.05, 0.1) is 10.6 Å². The molecule has 5 heteroatoms. The zero-order valence-corrected chi connectivity index (χ0v) is 12.8. The number of nitro groups is 1. The minimum Gasteiger partial charge on any atom is -0.359 e. The highest BCUT2D eigenvalue weighted by Crippen LogP contribution is 2.25. The normalized spacial score (nSPS) is 16.3. The van der Waals surface area contributed by atoms with E-state index in [2.05, 4.69) is 28.1 Å². The van der Waals surface area contributed by atoms with Crippen LogP contribution in [0.1, 0.15) is 12.0 Å². The summed E-state index contributed by atoms with van der Waals surface area (Å²) in [6.07, 6.45) is 3.06. The molecule has 0 amide bonds. The second kappa shape index (κ2) is 6.44. The minimum absolute atomic E-state index is 0.0754. The summed E-state index contributed by atoms with van der Waals surface area (Å²) in [6.45, 7) is 0.895. The van der Waals surface area contributed by atoms with Crippen molar-refractivity contribution in [2.75, 3.05) is 13.6 Å². The molecule has 0 aliphatic carbocycles. The molecule has 23 heavy (non-hydrogen) atoms. The molecule has 0 fully saturated rings. The van der Waals surface area contributed by atoms with Crippen molar-refractivity contribution in [1.82, 2.24) is 4.90 Å². The van der Waals surface area contributed by atoms with E-state index in [1.165, 1.54) is 23.3 Å². The van der Waals surface area contributed by atoms with Gasteiger partial charge in [0.25, 0.3) is 5.69 Å². The zero-order chi connectivity index (χ0) is 16.2. The van der Waals surface area contributed by atoms with Crippen LogP contribution in [0.5, 0.6) is 0 Å². The lowest BCUT2D eigenvalue weighted by atomic mass is 9.99. The van der Waals surface area contributed by atoms with E-state index in [1.54, 1.807) is 12.1 Å². The number of hydrogen-bond donors (Lipinski definition) is 0. The van der Waals surface area contributed by atoms with Crippen LogP contribution in [0.3, 0.4) is 0 Å². The van der Waals surface area contributed by atoms with Gasteiger partial charge in [0.15, 0.2) is 0 Å². The van der Waals surface area contributed by atoms with Gasteiger partial charge in [-0.2, -0.15) is 0 Å². The SMILES string of the molecule is CN1CCC(c2ccccc2)=CC1=Nc1ccc([N+](=O)[O-])cc1. The molecule has 0 spiro atoms. The van der Waals surface area contributed by atoms with Crippen molar-refractivity contribution in [3.8, 4) is 0 Å². The Kier molecular flexibility index (Phi) is 4.19. The summed E-state index contributed by atoms with van der Waals surface area (Å²) in [5, 5.41) is 10.7. The fourth-order valence-corrected chi connectivity index (χ4v) is 2.52. The predicted molar refractivity (Wildman–Crippen MR) is 91.9 cm³/mol. The first kappa shape index (κ1) is 15.0. The van der Waals surface area contributed by atoms with Gasteiger partial charge in [-0.15, -0.1) is 0 Å². The number of aliphatic imine (C=N–C) groups is 1. The molecule has 0 saturated carbocycles. The van der Waals surface area contributed by atoms with Gasteiger partial charge in [0, 0.05) is 25.7 Å². The Balaban J connectivity index is 1.91. The van der Waals surface area contributed by atoms with Gasteiger partial charge in [0.2, 0.25) is 0 Å². The molecule has 116 valence electrons. The van der Waals surface area contributed by atoms with Gasteiger partial charge in [0.1, 0.15) is 5.84 Å². The van der Waals surface area contributed by atoms with Gasteiger partial charge in [-0.05, 0) is 35.8 Å². The Morgan fingerprint density at radius 2 is 1.78 bits per heavy atom. The van der Waals surface area contributed by atoms with Gasteiger partial charge >= 0.3 is 0 Å². The van der Waals surface area contributed by atoms with Gasteiger partial charge in [-0.1, -0.05) is 30.3 Å². The lowest BCUT2D eigenvalue weighted by Crippen LogP contribution is -2.29. The molecular weight excluding hydrogens is 290 g/mol. The third-order valence-electron chi connectivity index (χ3n) is 3.86. The number of nitrogens with zero attached hydrogens (tertiary/aromatic N) is 3. The number of likely N-dealkylation sites (N-methyl/N-ethyl adjacent to an activating group) is 1. The van der Waals surface area contributed by atoms with Gasteiger partial charge in [-0.3, -0.25) is 10.1 Å². The van der Waals surface area contributed by atoms with Crippen molar-refractivity contribution in [3.63, 3.8) is 0 Å². The summed E-state index contributed by atoms with van der Waals surface area (Å²) in [7, 11) is 2.00. The number of rotatable bonds is 3. The lowest BCUT2D eigenvalue weighted by molar-refractivity contribution is -0.384. The average Bonchev–Trinajstić information content (AvgIpc) is 2.58. The molecule has 2 aromatic rings. The van der Waals surface area contributed by atoms with E-state index >= 15 is 0 Å². The highest BCUT2D eigenvalue weighted by atomic mass is 16.6. The molecule has 1 aliphatic heterocycles. The average molecular weight is 307 g/mol. The monoisotopic (exact) mass is 307 g/mol. The van der Waals surface area contributed by atoms with Gasteiger partial charge in [-0.25, -0.2) is 4.99 Å². The van der Waals surface area contributed by atoms with Crippen LogP contribution in [0.2, 0.25) is 0 Å². The van der Waals surface area contributed by atoms with Crippen molar-refractivity contribution in [2.24, 2.45) is 4.99 Å². The van der Waals surface area contributed by atoms with E-state index in [1.807, 2.05) is 25.2 Å². The number of hydrogen-bond acceptors (Lipinski definition) is 3. The van der Waals surface area contributed by atoms with E-state index in [0.29, 0.717) is 5.69 Å². The number of nitro benzene ring substituents is 1. The summed E-state index contributed by atoms with van der Waals surface area (Å²) >= 11 is 0. The van der Waals surface area contributed by atoms with Crippen molar-refractivity contribution >= 4 is 22.8 Å². The summed E-state index contributed by atoms with van der Waals surface area (Å²) in [5.74, 6) is 0.865. The highest BCUT2D eigenvalue weighted by Gasteiger charge is 2.14. The summed E-state index contributed by atoms with van der Waals surface area (Å²) in [4.78, 5) is 17.0. The van der Waals surface area contributed by atoms with Gasteiger partial charge < -0.3 is 4.90 Å². The maximum atomic E-state index is 10.7. The second-order valence-electron chi connectivity index (χ2n) is 5.45. The molecule has 2 aromatic carbocycles. The Hall–Kier alpha value is -2.95. The fraction of sp³-hybridized carbons (Fsp3) is 0.167. The topological polar surface area (TPSA) is 58.7 Å². The first-order valence-corrected chi connectivity index (χ1v) is 7.44. The molecule has 1 heterocycles. The fourth-order valence-electron chi connectivity index (χ4n) is 2.52. The molecule has 1 aliphatic rings. The van der Waals surface area contributed by atoms with Crippen LogP contribution in [0.15, 0.2) is 65.7 Å². The van der Waals surface area contributed by atoms with E-state index in [0.717, 1.165) is 18.8 Å². The summed E-state index contributed by atoms with van der Waals surface area (Å²) in [5.41, 5.74) is 3.25. The van der Waals surface area contributed by atoms with Crippen LogP contribution in [-0.4, -0.2) is 29.3 Å². The molecule has 0 saturated heterocycles. The van der Waals surface area contributed by atoms with Crippen LogP contribution in [-0.2, 0) is 0 Å². The van der Waals surface area contributed by atoms with E-state index in [9.17, 15) is 10.1 Å². The molecule has 0 N–H and O–H groups in total. The smallest absolute Gasteiger partial charge is 0.269 e. The maximum Gasteiger partial charge on any atom is 0.269 e. The zero-order valence-electron chi connectivity index (χ0n) is 12.8. The molecular formula is C18H17N3O2. The molecule has 5 nitrogen and oxygen atoms in total. The van der Waals surface area contributed by atoms with Crippen LogP contribution in [0, 0.1) is 10.1 Å². The molecule has 3 rings (SSSR count). The van der Waals surface area contributed by atoms with Crippen LogP contribution >= 0.6 is 0 Å². The molecule has 0 aromatic heterocycles. The second-order valence-corrected chi connectivity index (χ2v) is 5.45. The van der Waals surface area contributed by atoms with E-state index in [-0.39, 0.29) is 5.69 Å². The van der Waals surface area contributed by atoms with Crippen LogP contribution in [0.4, 0.5) is 11.4 Å². The number of amidine groups is 1. The molecule has 0 atom stereocenters. The number of benzene rings is 2. The van der Waals surface area contributed by atoms with Crippen molar-refractivity contribution in [3.05, 3.63) is 76.4 Å². The molecule has 0 unspecified atom stereocenters. The highest BCUT2D eigenvalue weighted by molar-refractivity contribution is 6.02. The summed E-state index contributed by atoms with van der Waals surface area (Å²) < 4.78 is 0. The van der Waals surface area contributed by atoms with Crippen molar-refractivity contribution in [1.29, 1.82) is 0 Å². The Labute approximate surface area is 134 Å². The Morgan fingerprint density at radius 1 is 1.09 bits per heavy atom. The third kappa shape index (κ3) is 3.45. The third-order valence-corrected chi connectivity index (χ3v) is 3.86. The van der Waals surface area contributed by atoms with Crippen molar-refractivity contribution < 1.29 is 4.92 Å². The van der Waals surface area contributed by atoms with Crippen LogP contribution < -0.4 is 0 Å². The Bertz CT molecular complexity index is 765. The van der Waals surface area contributed by atoms with Crippen molar-refractivity contribution in [2.45, 2.75) is 6.42 Å². The predicted octanol–water partition coefficient (Wildman–Crippen LogP) is 4.04. The Morgan fingerprint density at radius 3 is 2.43 bits per heavy atom. The standard InChI is InChI=1S/C18H17N3O2/c1-20-12-11-15(14-5-3-2-4-6-14)13-18(20)19-16-7-9-17(10-8-16)21(22)23/h2-10,13H,11-12H2,1H3. The molecule has 0 radical (unpaired) electrons. The lowest BCUT2D eigenvalue weighted by Gasteiger charge is -2.25. The van der Waals surface area contributed by atoms with Crippen LogP contribution in [0.25, 0.3) is 5.57 Å². The largest absolute Gasteiger partial charge is 0.359 e. The quantitative estimate of drug-likeness (QED) is 0.635. The molecule has 0 bridgehead atoms. The maximum absolute atomic E-state index is 10.7. The first-order chi connectivity index (χ1) is 11.1. The summed E-state index contributed by atoms with van der Waals surface area (Å²) in [6, 6.07) is 16.6. The first-order valence-electron chi connectivity index (χ1n) is 7.44. The van der Waals surface area contributed by atoms with E-state index in [4.69, 9.17) is 0 Å².